The van der Waals surface area contributed by atoms with Gasteiger partial charge in [-0.1, -0.05) is 0 Å². The zero-order valence-corrected chi connectivity index (χ0v) is 15.5. The zero-order valence-electron chi connectivity index (χ0n) is 13.8. The van der Waals surface area contributed by atoms with E-state index in [4.69, 9.17) is 0 Å². The normalized spacial score (nSPS) is 11.0. The zero-order chi connectivity index (χ0) is 18.1. The molecule has 0 aliphatic heterocycles. The van der Waals surface area contributed by atoms with E-state index in [9.17, 15) is 9.18 Å². The van der Waals surface area contributed by atoms with E-state index in [1.807, 2.05) is 24.4 Å². The molecule has 4 aromatic rings. The molecular formula is C19H14FN3OS2. The van der Waals surface area contributed by atoms with E-state index in [-0.39, 0.29) is 11.7 Å². The van der Waals surface area contributed by atoms with Crippen molar-refractivity contribution < 1.29 is 9.18 Å². The monoisotopic (exact) mass is 383 g/mol. The predicted molar refractivity (Wildman–Crippen MR) is 103 cm³/mol. The summed E-state index contributed by atoms with van der Waals surface area (Å²) < 4.78 is 14.3. The van der Waals surface area contributed by atoms with Crippen molar-refractivity contribution in [1.82, 2.24) is 9.97 Å². The Hall–Kier alpha value is -2.64. The molecule has 0 aliphatic carbocycles. The van der Waals surface area contributed by atoms with Gasteiger partial charge in [0.2, 0.25) is 0 Å². The van der Waals surface area contributed by atoms with E-state index in [1.165, 1.54) is 34.8 Å². The lowest BCUT2D eigenvalue weighted by molar-refractivity contribution is 0.0985. The molecule has 0 N–H and O–H groups in total. The van der Waals surface area contributed by atoms with Crippen molar-refractivity contribution in [3.05, 3.63) is 75.4 Å². The van der Waals surface area contributed by atoms with Gasteiger partial charge in [0.05, 0.1) is 33.0 Å². The second-order valence-electron chi connectivity index (χ2n) is 5.76. The van der Waals surface area contributed by atoms with E-state index in [0.29, 0.717) is 17.8 Å². The molecule has 0 bridgehead atoms. The average molecular weight is 383 g/mol. The number of halogens is 1. The van der Waals surface area contributed by atoms with Crippen molar-refractivity contribution in [3.63, 3.8) is 0 Å². The van der Waals surface area contributed by atoms with Gasteiger partial charge in [-0.05, 0) is 49.4 Å². The maximum Gasteiger partial charge on any atom is 0.258 e. The summed E-state index contributed by atoms with van der Waals surface area (Å²) in [4.78, 5) is 23.5. The van der Waals surface area contributed by atoms with Gasteiger partial charge >= 0.3 is 0 Å². The van der Waals surface area contributed by atoms with E-state index in [1.54, 1.807) is 28.6 Å². The highest BCUT2D eigenvalue weighted by atomic mass is 32.1. The number of fused-ring (bicyclic) bond motifs is 1. The maximum absolute atomic E-state index is 13.3. The van der Waals surface area contributed by atoms with Crippen LogP contribution in [0.2, 0.25) is 0 Å². The van der Waals surface area contributed by atoms with Crippen molar-refractivity contribution in [3.8, 4) is 0 Å². The molecule has 4 rings (SSSR count). The Bertz CT molecular complexity index is 1070. The van der Waals surface area contributed by atoms with Crippen LogP contribution < -0.4 is 4.90 Å². The quantitative estimate of drug-likeness (QED) is 0.495. The molecule has 1 amide bonds. The number of hydrogen-bond acceptors (Lipinski definition) is 5. The van der Waals surface area contributed by atoms with Crippen LogP contribution in [0.3, 0.4) is 0 Å². The highest BCUT2D eigenvalue weighted by Gasteiger charge is 2.20. The Kier molecular flexibility index (Phi) is 4.48. The molecule has 2 aromatic heterocycles. The van der Waals surface area contributed by atoms with Gasteiger partial charge < -0.3 is 4.90 Å². The first-order valence-corrected chi connectivity index (χ1v) is 9.68. The number of carbonyl (C=O) groups excluding carboxylic acids is 1. The minimum absolute atomic E-state index is 0.155. The Morgan fingerprint density at radius 1 is 1.15 bits per heavy atom. The van der Waals surface area contributed by atoms with E-state index in [2.05, 4.69) is 9.97 Å². The fourth-order valence-electron chi connectivity index (χ4n) is 2.69. The van der Waals surface area contributed by atoms with Crippen LogP contribution in [0.15, 0.2) is 53.4 Å². The van der Waals surface area contributed by atoms with Crippen LogP contribution in [-0.4, -0.2) is 15.9 Å². The molecule has 2 aromatic carbocycles. The molecule has 0 fully saturated rings. The number of hydrogen-bond donors (Lipinski definition) is 0. The Labute approximate surface area is 157 Å². The number of nitrogens with zero attached hydrogens (tertiary/aromatic N) is 3. The van der Waals surface area contributed by atoms with Gasteiger partial charge in [0.25, 0.3) is 5.91 Å². The standard InChI is InChI=1S/C19H14FN3OS2/c1-12-22-15(10-25-12)9-23(16-5-3-14(20)4-6-16)19(24)13-2-7-17-18(8-13)26-11-21-17/h2-8,10-11H,9H2,1H3. The number of rotatable bonds is 4. The number of amides is 1. The van der Waals surface area contributed by atoms with Gasteiger partial charge in [0.15, 0.2) is 0 Å². The maximum atomic E-state index is 13.3. The summed E-state index contributed by atoms with van der Waals surface area (Å²) in [5, 5.41) is 2.88. The summed E-state index contributed by atoms with van der Waals surface area (Å²) in [6, 6.07) is 11.4. The lowest BCUT2D eigenvalue weighted by Crippen LogP contribution is -2.30. The van der Waals surface area contributed by atoms with Gasteiger partial charge in [0, 0.05) is 16.6 Å². The molecule has 0 spiro atoms. The molecule has 0 saturated heterocycles. The first-order valence-electron chi connectivity index (χ1n) is 7.92. The topological polar surface area (TPSA) is 46.1 Å². The minimum atomic E-state index is -0.336. The minimum Gasteiger partial charge on any atom is -0.302 e. The van der Waals surface area contributed by atoms with Crippen LogP contribution in [0, 0.1) is 12.7 Å². The predicted octanol–water partition coefficient (Wildman–Crippen LogP) is 5.05. The van der Waals surface area contributed by atoms with E-state index in [0.717, 1.165) is 20.9 Å². The largest absolute Gasteiger partial charge is 0.302 e. The number of thiazole rings is 2. The first-order chi connectivity index (χ1) is 12.6. The van der Waals surface area contributed by atoms with Crippen LogP contribution in [-0.2, 0) is 6.54 Å². The van der Waals surface area contributed by atoms with Crippen molar-refractivity contribution in [2.75, 3.05) is 4.90 Å². The van der Waals surface area contributed by atoms with Gasteiger partial charge in [-0.15, -0.1) is 22.7 Å². The molecule has 0 saturated carbocycles. The van der Waals surface area contributed by atoms with Crippen LogP contribution in [0.4, 0.5) is 10.1 Å². The third-order valence-corrected chi connectivity index (χ3v) is 5.56. The Balaban J connectivity index is 1.72. The molecule has 7 heteroatoms. The van der Waals surface area contributed by atoms with Crippen LogP contribution in [0.5, 0.6) is 0 Å². The van der Waals surface area contributed by atoms with Gasteiger partial charge in [-0.25, -0.2) is 14.4 Å². The average Bonchev–Trinajstić information content (AvgIpc) is 3.28. The fourth-order valence-corrected chi connectivity index (χ4v) is 4.01. The number of anilines is 1. The van der Waals surface area contributed by atoms with Gasteiger partial charge in [0.1, 0.15) is 5.82 Å². The lowest BCUT2D eigenvalue weighted by Gasteiger charge is -2.22. The highest BCUT2D eigenvalue weighted by Crippen LogP contribution is 2.24. The van der Waals surface area contributed by atoms with Crippen molar-refractivity contribution >= 4 is 44.5 Å². The fraction of sp³-hybridized carbons (Fsp3) is 0.105. The number of benzene rings is 2. The number of carbonyl (C=O) groups is 1. The van der Waals surface area contributed by atoms with Gasteiger partial charge in [-0.2, -0.15) is 0 Å². The molecular weight excluding hydrogens is 369 g/mol. The van der Waals surface area contributed by atoms with Gasteiger partial charge in [-0.3, -0.25) is 4.79 Å². The summed E-state index contributed by atoms with van der Waals surface area (Å²) in [5.41, 5.74) is 4.64. The summed E-state index contributed by atoms with van der Waals surface area (Å²) in [6.07, 6.45) is 0. The smallest absolute Gasteiger partial charge is 0.258 e. The molecule has 2 heterocycles. The number of aryl methyl sites for hydroxylation is 1. The molecule has 0 aliphatic rings. The molecule has 4 nitrogen and oxygen atoms in total. The molecule has 0 atom stereocenters. The van der Waals surface area contributed by atoms with Crippen molar-refractivity contribution in [2.45, 2.75) is 13.5 Å². The van der Waals surface area contributed by atoms with Crippen LogP contribution in [0.25, 0.3) is 10.2 Å². The molecule has 130 valence electrons. The molecule has 0 unspecified atom stereocenters. The first kappa shape index (κ1) is 16.8. The van der Waals surface area contributed by atoms with Crippen molar-refractivity contribution in [1.29, 1.82) is 0 Å². The Morgan fingerprint density at radius 3 is 2.69 bits per heavy atom. The van der Waals surface area contributed by atoms with Crippen molar-refractivity contribution in [2.24, 2.45) is 0 Å². The second kappa shape index (κ2) is 6.93. The lowest BCUT2D eigenvalue weighted by atomic mass is 10.1. The van der Waals surface area contributed by atoms with Crippen LogP contribution in [0.1, 0.15) is 21.1 Å². The summed E-state index contributed by atoms with van der Waals surface area (Å²) >= 11 is 3.03. The highest BCUT2D eigenvalue weighted by molar-refractivity contribution is 7.16. The number of aromatic nitrogens is 2. The summed E-state index contributed by atoms with van der Waals surface area (Å²) in [5.74, 6) is -0.491. The molecule has 0 radical (unpaired) electrons. The second-order valence-corrected chi connectivity index (χ2v) is 7.71. The summed E-state index contributed by atoms with van der Waals surface area (Å²) in [6.45, 7) is 2.26. The molecule has 26 heavy (non-hydrogen) atoms. The summed E-state index contributed by atoms with van der Waals surface area (Å²) in [7, 11) is 0. The van der Waals surface area contributed by atoms with Crippen LogP contribution >= 0.6 is 22.7 Å². The van der Waals surface area contributed by atoms with E-state index >= 15 is 0 Å². The third-order valence-electron chi connectivity index (χ3n) is 3.95. The third kappa shape index (κ3) is 3.36. The Morgan fingerprint density at radius 2 is 1.96 bits per heavy atom. The SMILES string of the molecule is Cc1nc(CN(C(=O)c2ccc3ncsc3c2)c2ccc(F)cc2)cs1. The van der Waals surface area contributed by atoms with E-state index < -0.39 is 0 Å².